The predicted octanol–water partition coefficient (Wildman–Crippen LogP) is 4.49. The largest absolute Gasteiger partial charge is 0.318 e. The van der Waals surface area contributed by atoms with Crippen molar-refractivity contribution >= 4 is 33.5 Å². The van der Waals surface area contributed by atoms with Crippen molar-refractivity contribution in [2.24, 2.45) is 5.10 Å². The average Bonchev–Trinajstić information content (AvgIpc) is 3.20. The first-order chi connectivity index (χ1) is 18.6. The minimum Gasteiger partial charge on any atom is -0.318 e. The highest BCUT2D eigenvalue weighted by molar-refractivity contribution is 7.92. The van der Waals surface area contributed by atoms with Gasteiger partial charge in [0, 0.05) is 34.8 Å². The maximum absolute atomic E-state index is 13.4. The van der Waals surface area contributed by atoms with Gasteiger partial charge in [-0.15, -0.1) is 0 Å². The van der Waals surface area contributed by atoms with E-state index in [0.29, 0.717) is 5.56 Å². The van der Waals surface area contributed by atoms with Gasteiger partial charge < -0.3 is 4.57 Å². The van der Waals surface area contributed by atoms with Crippen molar-refractivity contribution in [3.63, 3.8) is 0 Å². The summed E-state index contributed by atoms with van der Waals surface area (Å²) in [6.07, 6.45) is 1.43. The SMILES string of the molecule is Cc1cc(/C=N\NC(=O)CN(c2ccc([N+](=O)[O-])cc2)S(=O)(=O)c2ccccc2)c(C)n1-c1ccc(F)cc1. The van der Waals surface area contributed by atoms with E-state index in [1.807, 2.05) is 24.5 Å². The van der Waals surface area contributed by atoms with Crippen LogP contribution < -0.4 is 9.73 Å². The lowest BCUT2D eigenvalue weighted by molar-refractivity contribution is -0.384. The summed E-state index contributed by atoms with van der Waals surface area (Å²) in [6.45, 7) is 3.10. The van der Waals surface area contributed by atoms with Gasteiger partial charge in [-0.05, 0) is 68.4 Å². The number of hydrogen-bond donors (Lipinski definition) is 1. The molecule has 3 aromatic carbocycles. The zero-order valence-corrected chi connectivity index (χ0v) is 21.8. The second kappa shape index (κ2) is 11.3. The van der Waals surface area contributed by atoms with E-state index < -0.39 is 27.4 Å². The third kappa shape index (κ3) is 6.02. The van der Waals surface area contributed by atoms with Gasteiger partial charge in [0.1, 0.15) is 12.4 Å². The molecule has 1 heterocycles. The van der Waals surface area contributed by atoms with E-state index in [0.717, 1.165) is 33.5 Å². The number of rotatable bonds is 9. The fourth-order valence-electron chi connectivity index (χ4n) is 4.02. The first-order valence-electron chi connectivity index (χ1n) is 11.7. The first-order valence-corrected chi connectivity index (χ1v) is 13.1. The number of amides is 1. The molecule has 0 radical (unpaired) electrons. The van der Waals surface area contributed by atoms with Gasteiger partial charge in [-0.3, -0.25) is 19.2 Å². The number of non-ortho nitro benzene ring substituents is 1. The Labute approximate surface area is 224 Å². The maximum atomic E-state index is 13.4. The van der Waals surface area contributed by atoms with Gasteiger partial charge in [0.2, 0.25) is 0 Å². The molecule has 1 amide bonds. The Morgan fingerprint density at radius 2 is 1.69 bits per heavy atom. The van der Waals surface area contributed by atoms with E-state index in [9.17, 15) is 27.7 Å². The molecule has 200 valence electrons. The van der Waals surface area contributed by atoms with E-state index in [4.69, 9.17) is 0 Å². The van der Waals surface area contributed by atoms with E-state index in [1.165, 1.54) is 42.6 Å². The molecule has 12 heteroatoms. The second-order valence-electron chi connectivity index (χ2n) is 8.53. The molecule has 10 nitrogen and oxygen atoms in total. The van der Waals surface area contributed by atoms with Crippen LogP contribution in [0.1, 0.15) is 17.0 Å². The summed E-state index contributed by atoms with van der Waals surface area (Å²) in [4.78, 5) is 23.2. The number of hydrazone groups is 1. The molecule has 0 unspecified atom stereocenters. The van der Waals surface area contributed by atoms with Crippen LogP contribution in [0.3, 0.4) is 0 Å². The van der Waals surface area contributed by atoms with Gasteiger partial charge in [0.25, 0.3) is 21.6 Å². The topological polar surface area (TPSA) is 127 Å². The second-order valence-corrected chi connectivity index (χ2v) is 10.4. The highest BCUT2D eigenvalue weighted by Gasteiger charge is 2.27. The molecule has 39 heavy (non-hydrogen) atoms. The molecule has 0 aliphatic rings. The summed E-state index contributed by atoms with van der Waals surface area (Å²) < 4.78 is 42.8. The van der Waals surface area contributed by atoms with Gasteiger partial charge in [-0.25, -0.2) is 18.2 Å². The van der Waals surface area contributed by atoms with Crippen molar-refractivity contribution in [2.75, 3.05) is 10.8 Å². The van der Waals surface area contributed by atoms with E-state index in [2.05, 4.69) is 10.5 Å². The summed E-state index contributed by atoms with van der Waals surface area (Å²) in [5.41, 5.74) is 5.33. The van der Waals surface area contributed by atoms with Gasteiger partial charge >= 0.3 is 0 Å². The van der Waals surface area contributed by atoms with Gasteiger partial charge in [0.15, 0.2) is 0 Å². The Kier molecular flexibility index (Phi) is 7.86. The third-order valence-electron chi connectivity index (χ3n) is 5.91. The highest BCUT2D eigenvalue weighted by atomic mass is 32.2. The van der Waals surface area contributed by atoms with Crippen LogP contribution >= 0.6 is 0 Å². The number of carbonyl (C=O) groups is 1. The van der Waals surface area contributed by atoms with Gasteiger partial charge in [-0.2, -0.15) is 5.10 Å². The minimum atomic E-state index is -4.18. The van der Waals surface area contributed by atoms with Crippen LogP contribution in [-0.2, 0) is 14.8 Å². The van der Waals surface area contributed by atoms with Crippen LogP contribution in [0.4, 0.5) is 15.8 Å². The number of benzene rings is 3. The lowest BCUT2D eigenvalue weighted by atomic mass is 10.2. The van der Waals surface area contributed by atoms with Gasteiger partial charge in [-0.1, -0.05) is 18.2 Å². The lowest BCUT2D eigenvalue weighted by Gasteiger charge is -2.23. The number of anilines is 1. The fraction of sp³-hybridized carbons (Fsp3) is 0.111. The smallest absolute Gasteiger partial charge is 0.269 e. The number of aromatic nitrogens is 1. The zero-order valence-electron chi connectivity index (χ0n) is 21.0. The third-order valence-corrected chi connectivity index (χ3v) is 7.70. The van der Waals surface area contributed by atoms with Crippen molar-refractivity contribution in [3.05, 3.63) is 118 Å². The Balaban J connectivity index is 1.55. The Morgan fingerprint density at radius 1 is 1.05 bits per heavy atom. The molecule has 0 saturated carbocycles. The summed E-state index contributed by atoms with van der Waals surface area (Å²) in [5.74, 6) is -1.07. The Bertz CT molecular complexity index is 1630. The molecule has 1 N–H and O–H groups in total. The summed E-state index contributed by atoms with van der Waals surface area (Å²) in [7, 11) is -4.18. The van der Waals surface area contributed by atoms with Crippen LogP contribution in [0.15, 0.2) is 94.9 Å². The molecule has 1 aromatic heterocycles. The number of hydrogen-bond acceptors (Lipinski definition) is 6. The molecule has 0 aliphatic carbocycles. The number of sulfonamides is 1. The highest BCUT2D eigenvalue weighted by Crippen LogP contribution is 2.26. The number of halogens is 1. The van der Waals surface area contributed by atoms with Gasteiger partial charge in [0.05, 0.1) is 21.7 Å². The number of nitrogens with one attached hydrogen (secondary N) is 1. The Morgan fingerprint density at radius 3 is 2.31 bits per heavy atom. The number of nitro groups is 1. The molecule has 4 rings (SSSR count). The van der Waals surface area contributed by atoms with Crippen LogP contribution in [0.2, 0.25) is 0 Å². The number of nitro benzene ring substituents is 1. The molecule has 0 aliphatic heterocycles. The molecule has 0 bridgehead atoms. The van der Waals surface area contributed by atoms with Crippen molar-refractivity contribution in [3.8, 4) is 5.69 Å². The van der Waals surface area contributed by atoms with Crippen molar-refractivity contribution in [2.45, 2.75) is 18.7 Å². The van der Waals surface area contributed by atoms with Crippen molar-refractivity contribution in [1.29, 1.82) is 0 Å². The van der Waals surface area contributed by atoms with Crippen LogP contribution in [0.5, 0.6) is 0 Å². The van der Waals surface area contributed by atoms with E-state index in [-0.39, 0.29) is 22.1 Å². The molecule has 0 fully saturated rings. The fourth-order valence-corrected chi connectivity index (χ4v) is 5.46. The summed E-state index contributed by atoms with van der Waals surface area (Å²) in [6, 6.07) is 20.3. The molecule has 0 spiro atoms. The summed E-state index contributed by atoms with van der Waals surface area (Å²) in [5, 5.41) is 15.0. The molecular formula is C27H24FN5O5S. The maximum Gasteiger partial charge on any atom is 0.269 e. The van der Waals surface area contributed by atoms with Crippen LogP contribution in [-0.4, -0.2) is 36.6 Å². The standard InChI is InChI=1S/C27H24FN5O5S/c1-19-16-21(20(2)32(19)24-10-8-22(28)9-11-24)17-29-30-27(34)18-31(23-12-14-25(15-13-23)33(35)36)39(37,38)26-6-4-3-5-7-26/h3-17H,18H2,1-2H3,(H,30,34)/b29-17-. The summed E-state index contributed by atoms with van der Waals surface area (Å²) >= 11 is 0. The monoisotopic (exact) mass is 549 g/mol. The number of nitrogens with zero attached hydrogens (tertiary/aromatic N) is 4. The molecule has 0 atom stereocenters. The number of aryl methyl sites for hydroxylation is 1. The van der Waals surface area contributed by atoms with E-state index >= 15 is 0 Å². The predicted molar refractivity (Wildman–Crippen MR) is 145 cm³/mol. The quantitative estimate of drug-likeness (QED) is 0.187. The minimum absolute atomic E-state index is 0.0483. The number of carbonyl (C=O) groups excluding carboxylic acids is 1. The normalized spacial score (nSPS) is 11.5. The molecule has 4 aromatic rings. The van der Waals surface area contributed by atoms with Crippen LogP contribution in [0, 0.1) is 29.8 Å². The Hall–Kier alpha value is -4.84. The first kappa shape index (κ1) is 27.2. The molecule has 0 saturated heterocycles. The van der Waals surface area contributed by atoms with Crippen molar-refractivity contribution in [1.82, 2.24) is 9.99 Å². The lowest BCUT2D eigenvalue weighted by Crippen LogP contribution is -2.39. The van der Waals surface area contributed by atoms with Crippen LogP contribution in [0.25, 0.3) is 5.69 Å². The van der Waals surface area contributed by atoms with E-state index in [1.54, 1.807) is 30.3 Å². The zero-order chi connectivity index (χ0) is 28.2. The molecular weight excluding hydrogens is 525 g/mol. The van der Waals surface area contributed by atoms with Crippen molar-refractivity contribution < 1.29 is 22.5 Å². The average molecular weight is 550 g/mol.